The van der Waals surface area contributed by atoms with Crippen LogP contribution in [0.5, 0.6) is 5.75 Å². The summed E-state index contributed by atoms with van der Waals surface area (Å²) in [5.74, 6) is 1.75. The van der Waals surface area contributed by atoms with Crippen molar-refractivity contribution < 1.29 is 9.53 Å². The minimum absolute atomic E-state index is 0.0526. The average Bonchev–Trinajstić information content (AvgIpc) is 2.82. The third kappa shape index (κ3) is 2.85. The van der Waals surface area contributed by atoms with Gasteiger partial charge in [0.1, 0.15) is 5.78 Å². The van der Waals surface area contributed by atoms with Crippen LogP contribution in [0.15, 0.2) is 6.20 Å². The Morgan fingerprint density at radius 3 is 2.57 bits per heavy atom. The molecule has 4 nitrogen and oxygen atoms in total. The molecular formula is C17H28N2O2. The number of carbonyl (C=O) groups is 1. The van der Waals surface area contributed by atoms with Gasteiger partial charge in [-0.3, -0.25) is 9.48 Å². The van der Waals surface area contributed by atoms with Crippen LogP contribution >= 0.6 is 0 Å². The largest absolute Gasteiger partial charge is 0.493 e. The third-order valence-corrected chi connectivity index (χ3v) is 4.84. The van der Waals surface area contributed by atoms with Gasteiger partial charge in [-0.15, -0.1) is 0 Å². The number of Topliss-reactive ketones (excluding diaryl/α,β-unsaturated/α-hetero) is 1. The molecule has 1 heterocycles. The Labute approximate surface area is 127 Å². The Morgan fingerprint density at radius 2 is 2.05 bits per heavy atom. The molecule has 0 bridgehead atoms. The maximum atomic E-state index is 12.6. The summed E-state index contributed by atoms with van der Waals surface area (Å²) < 4.78 is 7.52. The highest BCUT2D eigenvalue weighted by molar-refractivity contribution is 5.83. The molecule has 0 saturated heterocycles. The van der Waals surface area contributed by atoms with Gasteiger partial charge in [-0.2, -0.15) is 5.10 Å². The first-order chi connectivity index (χ1) is 9.78. The van der Waals surface area contributed by atoms with Gasteiger partial charge >= 0.3 is 0 Å². The molecule has 1 fully saturated rings. The standard InChI is InChI=1S/C17H28N2O2/c1-11(2)19-16(15(21-6)10-18-19)17(4,5)13-8-7-12(3)9-14(13)20/h10-13H,7-9H2,1-6H3. The molecule has 0 aromatic carbocycles. The maximum Gasteiger partial charge on any atom is 0.160 e. The second kappa shape index (κ2) is 5.82. The Bertz CT molecular complexity index is 517. The van der Waals surface area contributed by atoms with Gasteiger partial charge in [0.2, 0.25) is 0 Å². The van der Waals surface area contributed by atoms with Crippen molar-refractivity contribution in [1.29, 1.82) is 0 Å². The van der Waals surface area contributed by atoms with Gasteiger partial charge in [-0.05, 0) is 32.6 Å². The fraction of sp³-hybridized carbons (Fsp3) is 0.765. The summed E-state index contributed by atoms with van der Waals surface area (Å²) >= 11 is 0. The van der Waals surface area contributed by atoms with Crippen molar-refractivity contribution in [2.24, 2.45) is 11.8 Å². The van der Waals surface area contributed by atoms with E-state index in [0.717, 1.165) is 24.3 Å². The number of ether oxygens (including phenoxy) is 1. The van der Waals surface area contributed by atoms with Crippen LogP contribution < -0.4 is 4.74 Å². The number of nitrogens with zero attached hydrogens (tertiary/aromatic N) is 2. The molecule has 2 rings (SSSR count). The van der Waals surface area contributed by atoms with Crippen LogP contribution in [0.4, 0.5) is 0 Å². The van der Waals surface area contributed by atoms with Crippen LogP contribution in [0.2, 0.25) is 0 Å². The summed E-state index contributed by atoms with van der Waals surface area (Å²) in [7, 11) is 1.67. The molecule has 2 atom stereocenters. The van der Waals surface area contributed by atoms with Crippen LogP contribution in [0.25, 0.3) is 0 Å². The topological polar surface area (TPSA) is 44.1 Å². The highest BCUT2D eigenvalue weighted by Gasteiger charge is 2.43. The van der Waals surface area contributed by atoms with Crippen molar-refractivity contribution in [2.75, 3.05) is 7.11 Å². The van der Waals surface area contributed by atoms with Crippen LogP contribution in [0.3, 0.4) is 0 Å². The lowest BCUT2D eigenvalue weighted by Crippen LogP contribution is -2.40. The number of methoxy groups -OCH3 is 1. The highest BCUT2D eigenvalue weighted by Crippen LogP contribution is 2.44. The molecule has 1 saturated carbocycles. The first-order valence-electron chi connectivity index (χ1n) is 7.93. The summed E-state index contributed by atoms with van der Waals surface area (Å²) in [6.07, 6.45) is 4.55. The van der Waals surface area contributed by atoms with Crippen molar-refractivity contribution in [2.45, 2.75) is 65.3 Å². The molecular weight excluding hydrogens is 264 g/mol. The molecule has 1 aliphatic rings. The zero-order valence-electron chi connectivity index (χ0n) is 14.1. The van der Waals surface area contributed by atoms with Gasteiger partial charge in [-0.1, -0.05) is 20.8 Å². The SMILES string of the molecule is COc1cnn(C(C)C)c1C(C)(C)C1CCC(C)CC1=O. The number of rotatable bonds is 4. The number of aromatic nitrogens is 2. The van der Waals surface area contributed by atoms with Gasteiger partial charge < -0.3 is 4.74 Å². The molecule has 1 aromatic heterocycles. The number of hydrogen-bond acceptors (Lipinski definition) is 3. The lowest BCUT2D eigenvalue weighted by molar-refractivity contribution is -0.128. The minimum Gasteiger partial charge on any atom is -0.493 e. The Hall–Kier alpha value is -1.32. The maximum absolute atomic E-state index is 12.6. The van der Waals surface area contributed by atoms with Crippen molar-refractivity contribution in [1.82, 2.24) is 9.78 Å². The van der Waals surface area contributed by atoms with Crippen LogP contribution in [-0.2, 0) is 10.2 Å². The van der Waals surface area contributed by atoms with E-state index in [1.165, 1.54) is 0 Å². The van der Waals surface area contributed by atoms with Crippen molar-refractivity contribution in [3.63, 3.8) is 0 Å². The molecule has 0 amide bonds. The average molecular weight is 292 g/mol. The number of hydrogen-bond donors (Lipinski definition) is 0. The summed E-state index contributed by atoms with van der Waals surface area (Å²) in [4.78, 5) is 12.6. The molecule has 0 aliphatic heterocycles. The van der Waals surface area contributed by atoms with E-state index in [9.17, 15) is 4.79 Å². The lowest BCUT2D eigenvalue weighted by atomic mass is 9.66. The summed E-state index contributed by atoms with van der Waals surface area (Å²) in [5.41, 5.74) is 0.788. The van der Waals surface area contributed by atoms with Crippen molar-refractivity contribution >= 4 is 5.78 Å². The Kier molecular flexibility index (Phi) is 4.45. The molecule has 1 aliphatic carbocycles. The quantitative estimate of drug-likeness (QED) is 0.848. The van der Waals surface area contributed by atoms with Gasteiger partial charge in [0.15, 0.2) is 5.75 Å². The molecule has 0 spiro atoms. The van der Waals surface area contributed by atoms with Gasteiger partial charge in [0.25, 0.3) is 0 Å². The predicted octanol–water partition coefficient (Wildman–Crippen LogP) is 3.76. The molecule has 118 valence electrons. The minimum atomic E-state index is -0.261. The van der Waals surface area contributed by atoms with E-state index < -0.39 is 0 Å². The van der Waals surface area contributed by atoms with E-state index in [2.05, 4.69) is 39.7 Å². The summed E-state index contributed by atoms with van der Waals surface area (Å²) in [6, 6.07) is 0.251. The fourth-order valence-corrected chi connectivity index (χ4v) is 3.63. The highest BCUT2D eigenvalue weighted by atomic mass is 16.5. The van der Waals surface area contributed by atoms with E-state index in [-0.39, 0.29) is 17.4 Å². The van der Waals surface area contributed by atoms with E-state index in [4.69, 9.17) is 4.74 Å². The van der Waals surface area contributed by atoms with E-state index in [1.54, 1.807) is 13.3 Å². The number of carbonyl (C=O) groups excluding carboxylic acids is 1. The van der Waals surface area contributed by atoms with Crippen molar-refractivity contribution in [3.8, 4) is 5.75 Å². The van der Waals surface area contributed by atoms with Gasteiger partial charge in [0.05, 0.1) is 19.0 Å². The third-order valence-electron chi connectivity index (χ3n) is 4.84. The fourth-order valence-electron chi connectivity index (χ4n) is 3.63. The zero-order valence-corrected chi connectivity index (χ0v) is 14.1. The molecule has 4 heteroatoms. The first kappa shape index (κ1) is 16.1. The van der Waals surface area contributed by atoms with E-state index in [0.29, 0.717) is 18.1 Å². The van der Waals surface area contributed by atoms with E-state index >= 15 is 0 Å². The second-order valence-corrected chi connectivity index (χ2v) is 7.23. The zero-order chi connectivity index (χ0) is 15.8. The van der Waals surface area contributed by atoms with Crippen LogP contribution in [0.1, 0.15) is 65.6 Å². The smallest absolute Gasteiger partial charge is 0.160 e. The number of ketones is 1. The van der Waals surface area contributed by atoms with E-state index in [1.807, 2.05) is 4.68 Å². The normalized spacial score (nSPS) is 23.7. The van der Waals surface area contributed by atoms with Crippen LogP contribution in [-0.4, -0.2) is 22.7 Å². The molecule has 0 radical (unpaired) electrons. The Balaban J connectivity index is 2.43. The predicted molar refractivity (Wildman–Crippen MR) is 83.7 cm³/mol. The first-order valence-corrected chi connectivity index (χ1v) is 7.93. The monoisotopic (exact) mass is 292 g/mol. The molecule has 0 N–H and O–H groups in total. The summed E-state index contributed by atoms with van der Waals surface area (Å²) in [6.45, 7) is 10.7. The van der Waals surface area contributed by atoms with Gasteiger partial charge in [0, 0.05) is 23.8 Å². The van der Waals surface area contributed by atoms with Crippen LogP contribution in [0, 0.1) is 11.8 Å². The Morgan fingerprint density at radius 1 is 1.38 bits per heavy atom. The summed E-state index contributed by atoms with van der Waals surface area (Å²) in [5, 5.41) is 4.47. The molecule has 2 unspecified atom stereocenters. The molecule has 21 heavy (non-hydrogen) atoms. The second-order valence-electron chi connectivity index (χ2n) is 7.23. The van der Waals surface area contributed by atoms with Gasteiger partial charge in [-0.25, -0.2) is 0 Å². The molecule has 1 aromatic rings. The van der Waals surface area contributed by atoms with Crippen molar-refractivity contribution in [3.05, 3.63) is 11.9 Å². The lowest BCUT2D eigenvalue weighted by Gasteiger charge is -2.38.